The van der Waals surface area contributed by atoms with Gasteiger partial charge in [0.05, 0.1) is 41.1 Å². The summed E-state index contributed by atoms with van der Waals surface area (Å²) in [5.74, 6) is 0.0536. The summed E-state index contributed by atoms with van der Waals surface area (Å²) in [6.45, 7) is 5.02. The van der Waals surface area contributed by atoms with Crippen molar-refractivity contribution in [1.29, 1.82) is 5.26 Å². The van der Waals surface area contributed by atoms with Gasteiger partial charge >= 0.3 is 0 Å². The summed E-state index contributed by atoms with van der Waals surface area (Å²) in [6.07, 6.45) is 1.88. The van der Waals surface area contributed by atoms with Crippen molar-refractivity contribution in [2.75, 3.05) is 49.6 Å². The molecule has 0 bridgehead atoms. The molecule has 2 aromatic carbocycles. The Morgan fingerprint density at radius 3 is 2.40 bits per heavy atom. The summed E-state index contributed by atoms with van der Waals surface area (Å²) in [5, 5.41) is 11.8. The molecule has 1 amide bonds. The lowest BCUT2D eigenvalue weighted by atomic mass is 10.2. The Morgan fingerprint density at radius 2 is 1.74 bits per heavy atom. The molecule has 186 valence electrons. The number of ether oxygens (including phenoxy) is 2. The van der Waals surface area contributed by atoms with Crippen LogP contribution in [0.2, 0.25) is 0 Å². The maximum Gasteiger partial charge on any atom is 0.265 e. The SMILES string of the molecule is C[C@@H](Oc1ccc(C#N)cc1)C(=O)Nc1cc(S(=O)(=O)N2CCCCC2)ccc1N1CCOCC1. The second kappa shape index (κ2) is 11.1. The van der Waals surface area contributed by atoms with Gasteiger partial charge in [-0.1, -0.05) is 6.42 Å². The maximum atomic E-state index is 13.3. The topological polar surface area (TPSA) is 112 Å². The van der Waals surface area contributed by atoms with Crippen LogP contribution in [0.1, 0.15) is 31.7 Å². The first-order chi connectivity index (χ1) is 16.9. The highest BCUT2D eigenvalue weighted by Gasteiger charge is 2.28. The third-order valence-corrected chi connectivity index (χ3v) is 8.09. The van der Waals surface area contributed by atoms with Crippen molar-refractivity contribution in [3.05, 3.63) is 48.0 Å². The first-order valence-electron chi connectivity index (χ1n) is 11.8. The summed E-state index contributed by atoms with van der Waals surface area (Å²) >= 11 is 0. The van der Waals surface area contributed by atoms with E-state index in [1.54, 1.807) is 49.4 Å². The highest BCUT2D eigenvalue weighted by Crippen LogP contribution is 2.32. The van der Waals surface area contributed by atoms with Crippen molar-refractivity contribution in [2.24, 2.45) is 0 Å². The first-order valence-corrected chi connectivity index (χ1v) is 13.3. The molecule has 0 spiro atoms. The Hall–Kier alpha value is -3.13. The van der Waals surface area contributed by atoms with Crippen LogP contribution in [-0.2, 0) is 19.6 Å². The fourth-order valence-electron chi connectivity index (χ4n) is 4.21. The first kappa shape index (κ1) is 25.0. The number of nitrogens with zero attached hydrogens (tertiary/aromatic N) is 3. The second-order valence-electron chi connectivity index (χ2n) is 8.63. The number of sulfonamides is 1. The number of rotatable bonds is 7. The van der Waals surface area contributed by atoms with E-state index in [4.69, 9.17) is 14.7 Å². The Morgan fingerprint density at radius 1 is 1.06 bits per heavy atom. The normalized spacial score (nSPS) is 17.9. The quantitative estimate of drug-likeness (QED) is 0.625. The number of amides is 1. The average Bonchev–Trinajstić information content (AvgIpc) is 2.90. The summed E-state index contributed by atoms with van der Waals surface area (Å²) in [5.41, 5.74) is 1.66. The van der Waals surface area contributed by atoms with E-state index in [1.807, 2.05) is 6.07 Å². The summed E-state index contributed by atoms with van der Waals surface area (Å²) in [4.78, 5) is 15.3. The molecular weight excluding hydrogens is 468 g/mol. The largest absolute Gasteiger partial charge is 0.481 e. The monoisotopic (exact) mass is 498 g/mol. The van der Waals surface area contributed by atoms with Gasteiger partial charge in [0.2, 0.25) is 10.0 Å². The highest BCUT2D eigenvalue weighted by atomic mass is 32.2. The van der Waals surface area contributed by atoms with Gasteiger partial charge in [0, 0.05) is 26.2 Å². The molecule has 4 rings (SSSR count). The zero-order chi connectivity index (χ0) is 24.8. The fraction of sp³-hybridized carbons (Fsp3) is 0.440. The molecule has 0 radical (unpaired) electrons. The number of nitrogens with one attached hydrogen (secondary N) is 1. The zero-order valence-corrected chi connectivity index (χ0v) is 20.6. The lowest BCUT2D eigenvalue weighted by molar-refractivity contribution is -0.122. The minimum atomic E-state index is -3.66. The molecule has 2 aliphatic rings. The van der Waals surface area contributed by atoms with Crippen LogP contribution in [0.5, 0.6) is 5.75 Å². The van der Waals surface area contributed by atoms with E-state index in [0.717, 1.165) is 24.9 Å². The number of benzene rings is 2. The van der Waals surface area contributed by atoms with Crippen LogP contribution in [0.15, 0.2) is 47.4 Å². The van der Waals surface area contributed by atoms with Crippen molar-refractivity contribution in [3.8, 4) is 11.8 Å². The molecule has 10 heteroatoms. The summed E-state index contributed by atoms with van der Waals surface area (Å²) in [6, 6.07) is 13.4. The van der Waals surface area contributed by atoms with E-state index in [1.165, 1.54) is 4.31 Å². The molecule has 9 nitrogen and oxygen atoms in total. The van der Waals surface area contributed by atoms with E-state index in [0.29, 0.717) is 56.4 Å². The van der Waals surface area contributed by atoms with Crippen LogP contribution in [0.4, 0.5) is 11.4 Å². The predicted octanol–water partition coefficient (Wildman–Crippen LogP) is 2.98. The maximum absolute atomic E-state index is 13.3. The molecular formula is C25H30N4O5S. The third kappa shape index (κ3) is 5.93. The molecule has 0 saturated carbocycles. The number of nitriles is 1. The zero-order valence-electron chi connectivity index (χ0n) is 19.8. The smallest absolute Gasteiger partial charge is 0.265 e. The highest BCUT2D eigenvalue weighted by molar-refractivity contribution is 7.89. The van der Waals surface area contributed by atoms with Crippen molar-refractivity contribution >= 4 is 27.3 Å². The Labute approximate surface area is 206 Å². The van der Waals surface area contributed by atoms with Gasteiger partial charge in [-0.2, -0.15) is 9.57 Å². The van der Waals surface area contributed by atoms with Crippen molar-refractivity contribution in [1.82, 2.24) is 4.31 Å². The van der Waals surface area contributed by atoms with E-state index < -0.39 is 22.0 Å². The minimum absolute atomic E-state index is 0.160. The van der Waals surface area contributed by atoms with Crippen LogP contribution >= 0.6 is 0 Å². The van der Waals surface area contributed by atoms with Crippen molar-refractivity contribution < 1.29 is 22.7 Å². The molecule has 1 atom stereocenters. The fourth-order valence-corrected chi connectivity index (χ4v) is 5.75. The van der Waals surface area contributed by atoms with Gasteiger partial charge in [-0.15, -0.1) is 0 Å². The van der Waals surface area contributed by atoms with E-state index in [2.05, 4.69) is 10.2 Å². The van der Waals surface area contributed by atoms with E-state index in [-0.39, 0.29) is 4.90 Å². The molecule has 1 N–H and O–H groups in total. The number of morpholine rings is 1. The minimum Gasteiger partial charge on any atom is -0.481 e. The Kier molecular flexibility index (Phi) is 7.90. The van der Waals surface area contributed by atoms with E-state index >= 15 is 0 Å². The van der Waals surface area contributed by atoms with Crippen molar-refractivity contribution in [2.45, 2.75) is 37.2 Å². The molecule has 35 heavy (non-hydrogen) atoms. The van der Waals surface area contributed by atoms with E-state index in [9.17, 15) is 13.2 Å². The van der Waals surface area contributed by atoms with Gasteiger partial charge in [0.1, 0.15) is 5.75 Å². The van der Waals surface area contributed by atoms with Gasteiger partial charge in [0.25, 0.3) is 5.91 Å². The van der Waals surface area contributed by atoms with Crippen LogP contribution in [-0.4, -0.2) is 64.1 Å². The number of hydrogen-bond acceptors (Lipinski definition) is 7. The lowest BCUT2D eigenvalue weighted by Crippen LogP contribution is -2.38. The lowest BCUT2D eigenvalue weighted by Gasteiger charge is -2.31. The predicted molar refractivity (Wildman–Crippen MR) is 132 cm³/mol. The number of hydrogen-bond donors (Lipinski definition) is 1. The molecule has 2 aliphatic heterocycles. The molecule has 0 aliphatic carbocycles. The Balaban J connectivity index is 1.58. The van der Waals surface area contributed by atoms with Gasteiger partial charge in [-0.25, -0.2) is 8.42 Å². The van der Waals surface area contributed by atoms with Gasteiger partial charge in [0.15, 0.2) is 6.10 Å². The molecule has 2 fully saturated rings. The standard InChI is InChI=1S/C25H30N4O5S/c1-19(34-21-7-5-20(18-26)6-8-21)25(30)27-23-17-22(35(31,32)29-11-3-2-4-12-29)9-10-24(23)28-13-15-33-16-14-28/h5-10,17,19H,2-4,11-16H2,1H3,(H,27,30)/t19-/m1/s1. The number of anilines is 2. The van der Waals surface area contributed by atoms with Crippen LogP contribution in [0, 0.1) is 11.3 Å². The molecule has 0 aromatic heterocycles. The molecule has 2 aromatic rings. The summed E-state index contributed by atoms with van der Waals surface area (Å²) < 4.78 is 39.3. The third-order valence-electron chi connectivity index (χ3n) is 6.20. The van der Waals surface area contributed by atoms with Gasteiger partial charge < -0.3 is 19.7 Å². The summed E-state index contributed by atoms with van der Waals surface area (Å²) in [7, 11) is -3.66. The Bertz CT molecular complexity index is 1180. The second-order valence-corrected chi connectivity index (χ2v) is 10.6. The number of piperidine rings is 1. The average molecular weight is 499 g/mol. The van der Waals surface area contributed by atoms with Crippen LogP contribution < -0.4 is 15.0 Å². The molecule has 0 unspecified atom stereocenters. The van der Waals surface area contributed by atoms with Crippen LogP contribution in [0.25, 0.3) is 0 Å². The molecule has 2 saturated heterocycles. The number of carbonyl (C=O) groups is 1. The van der Waals surface area contributed by atoms with Crippen LogP contribution in [0.3, 0.4) is 0 Å². The van der Waals surface area contributed by atoms with Gasteiger partial charge in [-0.05, 0) is 62.2 Å². The molecule has 2 heterocycles. The van der Waals surface area contributed by atoms with Gasteiger partial charge in [-0.3, -0.25) is 4.79 Å². The van der Waals surface area contributed by atoms with Crippen molar-refractivity contribution in [3.63, 3.8) is 0 Å². The number of carbonyl (C=O) groups excluding carboxylic acids is 1.